The molecule has 0 fully saturated rings. The van der Waals surface area contributed by atoms with Crippen LogP contribution in [0.5, 0.6) is 0 Å². The van der Waals surface area contributed by atoms with Gasteiger partial charge in [-0.15, -0.1) is 0 Å². The smallest absolute Gasteiger partial charge is 0.133 e. The molecule has 0 saturated carbocycles. The predicted octanol–water partition coefficient (Wildman–Crippen LogP) is 2.93. The second-order valence-corrected chi connectivity index (χ2v) is 5.47. The van der Waals surface area contributed by atoms with Crippen molar-refractivity contribution >= 4 is 11.6 Å². The third-order valence-corrected chi connectivity index (χ3v) is 4.08. The van der Waals surface area contributed by atoms with Gasteiger partial charge in [-0.25, -0.2) is 9.97 Å². The first-order valence-corrected chi connectivity index (χ1v) is 7.47. The van der Waals surface area contributed by atoms with Gasteiger partial charge in [-0.05, 0) is 36.6 Å². The molecule has 0 unspecified atom stereocenters. The highest BCUT2D eigenvalue weighted by atomic mass is 35.5. The monoisotopic (exact) mass is 287 g/mol. The molecule has 0 spiro atoms. The van der Waals surface area contributed by atoms with Crippen molar-refractivity contribution in [3.8, 4) is 0 Å². The topological polar surface area (TPSA) is 37.8 Å². The first-order chi connectivity index (χ1) is 9.78. The normalized spacial score (nSPS) is 14.1. The summed E-state index contributed by atoms with van der Waals surface area (Å²) in [6.45, 7) is 4.03. The highest BCUT2D eigenvalue weighted by Gasteiger charge is 2.16. The molecule has 104 valence electrons. The van der Waals surface area contributed by atoms with Crippen LogP contribution in [0.1, 0.15) is 35.3 Å². The first-order valence-electron chi connectivity index (χ1n) is 7.09. The van der Waals surface area contributed by atoms with Gasteiger partial charge in [-0.2, -0.15) is 0 Å². The fourth-order valence-electron chi connectivity index (χ4n) is 2.68. The minimum absolute atomic E-state index is 0.694. The van der Waals surface area contributed by atoms with Crippen molar-refractivity contribution in [2.75, 3.05) is 6.54 Å². The van der Waals surface area contributed by atoms with Crippen LogP contribution < -0.4 is 5.32 Å². The third kappa shape index (κ3) is 2.69. The van der Waals surface area contributed by atoms with Gasteiger partial charge >= 0.3 is 0 Å². The zero-order chi connectivity index (χ0) is 13.9. The Balaban J connectivity index is 1.96. The number of hydrogen-bond acceptors (Lipinski definition) is 3. The molecule has 1 aromatic carbocycles. The standard InChI is InChI=1S/C16H18ClN3/c1-2-14-12-7-8-18-10-15(12)20-16(19-14)9-11-5-3-4-6-13(11)17/h3-6,18H,2,7-10H2,1H3. The molecule has 3 nitrogen and oxygen atoms in total. The Kier molecular flexibility index (Phi) is 3.99. The lowest BCUT2D eigenvalue weighted by molar-refractivity contribution is 0.610. The van der Waals surface area contributed by atoms with Gasteiger partial charge in [-0.3, -0.25) is 0 Å². The molecular formula is C16H18ClN3. The van der Waals surface area contributed by atoms with E-state index < -0.39 is 0 Å². The maximum Gasteiger partial charge on any atom is 0.133 e. The third-order valence-electron chi connectivity index (χ3n) is 3.71. The van der Waals surface area contributed by atoms with Crippen LogP contribution in [-0.4, -0.2) is 16.5 Å². The lowest BCUT2D eigenvalue weighted by Crippen LogP contribution is -2.27. The Morgan fingerprint density at radius 2 is 2.10 bits per heavy atom. The summed E-state index contributed by atoms with van der Waals surface area (Å²) in [5.74, 6) is 0.873. The van der Waals surface area contributed by atoms with Gasteiger partial charge in [0, 0.05) is 23.7 Å². The second kappa shape index (κ2) is 5.90. The van der Waals surface area contributed by atoms with E-state index in [1.54, 1.807) is 0 Å². The van der Waals surface area contributed by atoms with Crippen molar-refractivity contribution in [3.63, 3.8) is 0 Å². The average molecular weight is 288 g/mol. The van der Waals surface area contributed by atoms with Gasteiger partial charge in [0.25, 0.3) is 0 Å². The van der Waals surface area contributed by atoms with Crippen LogP contribution in [0.2, 0.25) is 5.02 Å². The first kappa shape index (κ1) is 13.5. The van der Waals surface area contributed by atoms with Crippen LogP contribution in [0, 0.1) is 0 Å². The molecule has 0 amide bonds. The number of halogens is 1. The van der Waals surface area contributed by atoms with E-state index in [0.717, 1.165) is 48.0 Å². The van der Waals surface area contributed by atoms with Crippen LogP contribution in [0.15, 0.2) is 24.3 Å². The number of nitrogens with zero attached hydrogens (tertiary/aromatic N) is 2. The molecule has 0 aliphatic carbocycles. The van der Waals surface area contributed by atoms with Crippen molar-refractivity contribution < 1.29 is 0 Å². The molecule has 2 aromatic rings. The van der Waals surface area contributed by atoms with Crippen molar-refractivity contribution in [3.05, 3.63) is 57.6 Å². The van der Waals surface area contributed by atoms with Gasteiger partial charge in [0.2, 0.25) is 0 Å². The van der Waals surface area contributed by atoms with E-state index in [9.17, 15) is 0 Å². The van der Waals surface area contributed by atoms with Crippen molar-refractivity contribution in [1.82, 2.24) is 15.3 Å². The zero-order valence-corrected chi connectivity index (χ0v) is 12.4. The summed E-state index contributed by atoms with van der Waals surface area (Å²) in [6, 6.07) is 7.90. The molecule has 20 heavy (non-hydrogen) atoms. The Bertz CT molecular complexity index is 608. The van der Waals surface area contributed by atoms with Gasteiger partial charge < -0.3 is 5.32 Å². The summed E-state index contributed by atoms with van der Waals surface area (Å²) in [7, 11) is 0. The maximum atomic E-state index is 6.22. The van der Waals surface area contributed by atoms with Crippen molar-refractivity contribution in [2.45, 2.75) is 32.7 Å². The average Bonchev–Trinajstić information content (AvgIpc) is 2.49. The van der Waals surface area contributed by atoms with Crippen LogP contribution in [0.3, 0.4) is 0 Å². The summed E-state index contributed by atoms with van der Waals surface area (Å²) in [5, 5.41) is 4.16. The second-order valence-electron chi connectivity index (χ2n) is 5.06. The highest BCUT2D eigenvalue weighted by molar-refractivity contribution is 6.31. The van der Waals surface area contributed by atoms with Gasteiger partial charge in [0.1, 0.15) is 5.82 Å². The summed E-state index contributed by atoms with van der Waals surface area (Å²) < 4.78 is 0. The molecule has 1 aliphatic rings. The molecule has 2 heterocycles. The van der Waals surface area contributed by atoms with Crippen LogP contribution in [0.25, 0.3) is 0 Å². The molecule has 0 atom stereocenters. The van der Waals surface area contributed by atoms with Gasteiger partial charge in [0.05, 0.1) is 5.69 Å². The number of nitrogens with one attached hydrogen (secondary N) is 1. The molecular weight excluding hydrogens is 270 g/mol. The predicted molar refractivity (Wildman–Crippen MR) is 81.1 cm³/mol. The lowest BCUT2D eigenvalue weighted by atomic mass is 10.0. The molecule has 0 bridgehead atoms. The van der Waals surface area contributed by atoms with Crippen LogP contribution >= 0.6 is 11.6 Å². The van der Waals surface area contributed by atoms with E-state index in [0.29, 0.717) is 6.42 Å². The van der Waals surface area contributed by atoms with Gasteiger partial charge in [-0.1, -0.05) is 36.7 Å². The molecule has 1 aliphatic heterocycles. The number of aromatic nitrogens is 2. The number of hydrogen-bond donors (Lipinski definition) is 1. The molecule has 0 saturated heterocycles. The van der Waals surface area contributed by atoms with Crippen LogP contribution in [-0.2, 0) is 25.8 Å². The quantitative estimate of drug-likeness (QED) is 0.943. The van der Waals surface area contributed by atoms with Crippen molar-refractivity contribution in [1.29, 1.82) is 0 Å². The lowest BCUT2D eigenvalue weighted by Gasteiger charge is -2.19. The number of fused-ring (bicyclic) bond motifs is 1. The summed E-state index contributed by atoms with van der Waals surface area (Å²) in [4.78, 5) is 9.47. The van der Waals surface area contributed by atoms with E-state index in [4.69, 9.17) is 21.6 Å². The molecule has 0 radical (unpaired) electrons. The fourth-order valence-corrected chi connectivity index (χ4v) is 2.88. The summed E-state index contributed by atoms with van der Waals surface area (Å²) >= 11 is 6.22. The van der Waals surface area contributed by atoms with E-state index in [-0.39, 0.29) is 0 Å². The Morgan fingerprint density at radius 3 is 2.90 bits per heavy atom. The summed E-state index contributed by atoms with van der Waals surface area (Å²) in [5.41, 5.74) is 4.78. The van der Waals surface area contributed by atoms with E-state index in [2.05, 4.69) is 12.2 Å². The largest absolute Gasteiger partial charge is 0.311 e. The van der Waals surface area contributed by atoms with Crippen molar-refractivity contribution in [2.24, 2.45) is 0 Å². The Morgan fingerprint density at radius 1 is 1.25 bits per heavy atom. The minimum Gasteiger partial charge on any atom is -0.311 e. The number of rotatable bonds is 3. The SMILES string of the molecule is CCc1nc(Cc2ccccc2Cl)nc2c1CCNC2. The van der Waals surface area contributed by atoms with E-state index in [1.807, 2.05) is 24.3 Å². The Hall–Kier alpha value is -1.45. The fraction of sp³-hybridized carbons (Fsp3) is 0.375. The van der Waals surface area contributed by atoms with Gasteiger partial charge in [0.15, 0.2) is 0 Å². The molecule has 3 rings (SSSR count). The number of benzene rings is 1. The van der Waals surface area contributed by atoms with E-state index in [1.165, 1.54) is 11.3 Å². The zero-order valence-electron chi connectivity index (χ0n) is 11.6. The Labute approximate surface area is 124 Å². The summed E-state index contributed by atoms with van der Waals surface area (Å²) in [6.07, 6.45) is 2.69. The van der Waals surface area contributed by atoms with E-state index >= 15 is 0 Å². The number of aryl methyl sites for hydroxylation is 1. The molecule has 1 N–H and O–H groups in total. The molecule has 1 aromatic heterocycles. The maximum absolute atomic E-state index is 6.22. The van der Waals surface area contributed by atoms with Crippen LogP contribution in [0.4, 0.5) is 0 Å². The molecule has 4 heteroatoms. The highest BCUT2D eigenvalue weighted by Crippen LogP contribution is 2.20. The minimum atomic E-state index is 0.694.